The summed E-state index contributed by atoms with van der Waals surface area (Å²) in [4.78, 5) is 11.3. The zero-order valence-electron chi connectivity index (χ0n) is 10.6. The van der Waals surface area contributed by atoms with E-state index < -0.39 is 0 Å². The van der Waals surface area contributed by atoms with Gasteiger partial charge in [-0.1, -0.05) is 35.9 Å². The van der Waals surface area contributed by atoms with Crippen molar-refractivity contribution in [3.63, 3.8) is 0 Å². The number of allylic oxidation sites excluding steroid dienone is 3. The molecule has 1 aromatic carbocycles. The molecule has 0 saturated heterocycles. The molecule has 0 aliphatic carbocycles. The van der Waals surface area contributed by atoms with E-state index in [0.29, 0.717) is 6.61 Å². The van der Waals surface area contributed by atoms with Crippen molar-refractivity contribution < 1.29 is 9.53 Å². The first kappa shape index (κ1) is 13.2. The van der Waals surface area contributed by atoms with Gasteiger partial charge in [-0.2, -0.15) is 0 Å². The third-order valence-corrected chi connectivity index (χ3v) is 2.30. The monoisotopic (exact) mass is 230 g/mol. The maximum Gasteiger partial charge on any atom is 0.330 e. The van der Waals surface area contributed by atoms with Crippen molar-refractivity contribution in [3.05, 3.63) is 53.6 Å². The number of carbonyl (C=O) groups is 1. The standard InChI is InChI=1S/C15H18O2/c1-4-17-15(16)11-10-14(12(2)3)13-8-6-5-7-9-13/h5-11H,4H2,1-3H3/b11-10+. The molecule has 0 fully saturated rings. The molecule has 0 aliphatic heterocycles. The van der Waals surface area contributed by atoms with Crippen LogP contribution in [0.5, 0.6) is 0 Å². The predicted molar refractivity (Wildman–Crippen MR) is 70.5 cm³/mol. The van der Waals surface area contributed by atoms with E-state index in [1.54, 1.807) is 6.92 Å². The fourth-order valence-electron chi connectivity index (χ4n) is 1.51. The first-order valence-electron chi connectivity index (χ1n) is 5.73. The van der Waals surface area contributed by atoms with E-state index in [1.165, 1.54) is 6.08 Å². The summed E-state index contributed by atoms with van der Waals surface area (Å²) >= 11 is 0. The van der Waals surface area contributed by atoms with Gasteiger partial charge in [0.15, 0.2) is 0 Å². The molecule has 0 aromatic heterocycles. The van der Waals surface area contributed by atoms with Crippen LogP contribution in [-0.4, -0.2) is 12.6 Å². The third kappa shape index (κ3) is 4.27. The van der Waals surface area contributed by atoms with Gasteiger partial charge in [0.05, 0.1) is 6.61 Å². The topological polar surface area (TPSA) is 26.3 Å². The maximum atomic E-state index is 11.3. The minimum atomic E-state index is -0.304. The molecule has 2 heteroatoms. The molecule has 0 atom stereocenters. The summed E-state index contributed by atoms with van der Waals surface area (Å²) in [5.41, 5.74) is 3.32. The van der Waals surface area contributed by atoms with Gasteiger partial charge in [0.1, 0.15) is 0 Å². The van der Waals surface area contributed by atoms with Crippen LogP contribution in [0.3, 0.4) is 0 Å². The summed E-state index contributed by atoms with van der Waals surface area (Å²) in [6, 6.07) is 9.99. The molecule has 0 spiro atoms. The van der Waals surface area contributed by atoms with Crippen LogP contribution in [0.15, 0.2) is 48.1 Å². The molecule has 0 unspecified atom stereocenters. The lowest BCUT2D eigenvalue weighted by Gasteiger charge is -2.05. The molecular weight excluding hydrogens is 212 g/mol. The molecule has 2 nitrogen and oxygen atoms in total. The lowest BCUT2D eigenvalue weighted by Crippen LogP contribution is -1.99. The van der Waals surface area contributed by atoms with E-state index in [1.807, 2.05) is 50.3 Å². The molecule has 0 N–H and O–H groups in total. The average Bonchev–Trinajstić information content (AvgIpc) is 2.30. The van der Waals surface area contributed by atoms with Gasteiger partial charge in [-0.25, -0.2) is 4.79 Å². The van der Waals surface area contributed by atoms with Crippen LogP contribution in [0.4, 0.5) is 0 Å². The molecular formula is C15H18O2. The number of esters is 1. The fourth-order valence-corrected chi connectivity index (χ4v) is 1.51. The quantitative estimate of drug-likeness (QED) is 0.449. The molecule has 17 heavy (non-hydrogen) atoms. The Morgan fingerprint density at radius 3 is 2.35 bits per heavy atom. The van der Waals surface area contributed by atoms with Crippen LogP contribution in [0.1, 0.15) is 26.3 Å². The third-order valence-electron chi connectivity index (χ3n) is 2.30. The highest BCUT2D eigenvalue weighted by atomic mass is 16.5. The van der Waals surface area contributed by atoms with Gasteiger partial charge < -0.3 is 4.74 Å². The van der Waals surface area contributed by atoms with Crippen molar-refractivity contribution in [3.8, 4) is 0 Å². The van der Waals surface area contributed by atoms with Crippen LogP contribution in [-0.2, 0) is 9.53 Å². The number of rotatable bonds is 4. The van der Waals surface area contributed by atoms with E-state index in [9.17, 15) is 4.79 Å². The minimum Gasteiger partial charge on any atom is -0.463 e. The Kier molecular flexibility index (Phi) is 5.21. The summed E-state index contributed by atoms with van der Waals surface area (Å²) in [5.74, 6) is -0.304. The highest BCUT2D eigenvalue weighted by molar-refractivity contribution is 5.87. The van der Waals surface area contributed by atoms with Crippen molar-refractivity contribution in [2.24, 2.45) is 0 Å². The van der Waals surface area contributed by atoms with Crippen LogP contribution >= 0.6 is 0 Å². The number of hydrogen-bond acceptors (Lipinski definition) is 2. The van der Waals surface area contributed by atoms with Gasteiger partial charge in [-0.3, -0.25) is 0 Å². The highest BCUT2D eigenvalue weighted by Crippen LogP contribution is 2.19. The van der Waals surface area contributed by atoms with Crippen LogP contribution in [0.2, 0.25) is 0 Å². The largest absolute Gasteiger partial charge is 0.463 e. The molecule has 90 valence electrons. The first-order chi connectivity index (χ1) is 8.15. The van der Waals surface area contributed by atoms with Crippen LogP contribution in [0.25, 0.3) is 5.57 Å². The summed E-state index contributed by atoms with van der Waals surface area (Å²) < 4.78 is 4.86. The zero-order chi connectivity index (χ0) is 12.7. The van der Waals surface area contributed by atoms with Gasteiger partial charge >= 0.3 is 5.97 Å². The van der Waals surface area contributed by atoms with Crippen LogP contribution in [0, 0.1) is 0 Å². The molecule has 1 aromatic rings. The Morgan fingerprint density at radius 1 is 1.18 bits per heavy atom. The predicted octanol–water partition coefficient (Wildman–Crippen LogP) is 3.60. The van der Waals surface area contributed by atoms with Crippen molar-refractivity contribution in [1.29, 1.82) is 0 Å². The first-order valence-corrected chi connectivity index (χ1v) is 5.73. The van der Waals surface area contributed by atoms with Gasteiger partial charge in [-0.05, 0) is 38.0 Å². The van der Waals surface area contributed by atoms with Crippen LogP contribution < -0.4 is 0 Å². The summed E-state index contributed by atoms with van der Waals surface area (Å²) in [6.45, 7) is 6.25. The number of ether oxygens (including phenoxy) is 1. The molecule has 0 saturated carbocycles. The van der Waals surface area contributed by atoms with Crippen molar-refractivity contribution in [2.75, 3.05) is 6.61 Å². The summed E-state index contributed by atoms with van der Waals surface area (Å²) in [5, 5.41) is 0. The number of hydrogen-bond donors (Lipinski definition) is 0. The van der Waals surface area contributed by atoms with E-state index in [4.69, 9.17) is 4.74 Å². The molecule has 0 heterocycles. The van der Waals surface area contributed by atoms with E-state index in [0.717, 1.165) is 16.7 Å². The smallest absolute Gasteiger partial charge is 0.330 e. The normalized spacial score (nSPS) is 10.3. The Labute approximate surface area is 103 Å². The number of carbonyl (C=O) groups excluding carboxylic acids is 1. The molecule has 0 aliphatic rings. The Morgan fingerprint density at radius 2 is 1.82 bits per heavy atom. The SMILES string of the molecule is CCOC(=O)/C=C/C(=C(C)C)c1ccccc1. The van der Waals surface area contributed by atoms with Gasteiger partial charge in [-0.15, -0.1) is 0 Å². The zero-order valence-corrected chi connectivity index (χ0v) is 10.6. The lowest BCUT2D eigenvalue weighted by atomic mass is 10.0. The Hall–Kier alpha value is -1.83. The van der Waals surface area contributed by atoms with Gasteiger partial charge in [0.2, 0.25) is 0 Å². The Bertz CT molecular complexity index is 423. The van der Waals surface area contributed by atoms with Crippen molar-refractivity contribution in [1.82, 2.24) is 0 Å². The average molecular weight is 230 g/mol. The maximum absolute atomic E-state index is 11.3. The second-order valence-corrected chi connectivity index (χ2v) is 3.87. The second kappa shape index (κ2) is 6.69. The van der Waals surface area contributed by atoms with Gasteiger partial charge in [0.25, 0.3) is 0 Å². The second-order valence-electron chi connectivity index (χ2n) is 3.87. The minimum absolute atomic E-state index is 0.304. The molecule has 0 bridgehead atoms. The summed E-state index contributed by atoms with van der Waals surface area (Å²) in [6.07, 6.45) is 3.28. The van der Waals surface area contributed by atoms with E-state index in [2.05, 4.69) is 0 Å². The molecule has 0 amide bonds. The van der Waals surface area contributed by atoms with E-state index >= 15 is 0 Å². The van der Waals surface area contributed by atoms with Crippen molar-refractivity contribution in [2.45, 2.75) is 20.8 Å². The van der Waals surface area contributed by atoms with E-state index in [-0.39, 0.29) is 5.97 Å². The number of benzene rings is 1. The highest BCUT2D eigenvalue weighted by Gasteiger charge is 2.01. The van der Waals surface area contributed by atoms with Crippen molar-refractivity contribution >= 4 is 11.5 Å². The summed E-state index contributed by atoms with van der Waals surface area (Å²) in [7, 11) is 0. The Balaban J connectivity index is 2.91. The lowest BCUT2D eigenvalue weighted by molar-refractivity contribution is -0.137. The van der Waals surface area contributed by atoms with Gasteiger partial charge in [0, 0.05) is 6.08 Å². The molecule has 0 radical (unpaired) electrons. The molecule has 1 rings (SSSR count). The fraction of sp³-hybridized carbons (Fsp3) is 0.267.